The number of fused-ring (bicyclic) bond motifs is 1. The van der Waals surface area contributed by atoms with Crippen molar-refractivity contribution in [3.8, 4) is 10.6 Å². The molecule has 1 N–H and O–H groups in total. The van der Waals surface area contributed by atoms with E-state index in [2.05, 4.69) is 10.4 Å². The molecule has 3 heterocycles. The molecule has 0 saturated heterocycles. The number of hydrogen-bond donors (Lipinski definition) is 1. The fraction of sp³-hybridized carbons (Fsp3) is 0.192. The van der Waals surface area contributed by atoms with E-state index in [9.17, 15) is 9.59 Å². The van der Waals surface area contributed by atoms with E-state index < -0.39 is 5.54 Å². The maximum absolute atomic E-state index is 13.7. The lowest BCUT2D eigenvalue weighted by atomic mass is 9.94. The van der Waals surface area contributed by atoms with Crippen LogP contribution in [-0.4, -0.2) is 32.0 Å². The first-order valence-electron chi connectivity index (χ1n) is 10.9. The Balaban J connectivity index is 1.49. The van der Waals surface area contributed by atoms with Crippen LogP contribution in [0.5, 0.6) is 0 Å². The zero-order valence-electron chi connectivity index (χ0n) is 18.6. The first-order chi connectivity index (χ1) is 16.4. The molecule has 0 radical (unpaired) electrons. The molecular formula is C26H23ClN4O2S. The predicted molar refractivity (Wildman–Crippen MR) is 134 cm³/mol. The molecule has 2 aromatic heterocycles. The van der Waals surface area contributed by atoms with Crippen molar-refractivity contribution in [2.45, 2.75) is 32.1 Å². The molecule has 34 heavy (non-hydrogen) atoms. The van der Waals surface area contributed by atoms with Gasteiger partial charge in [-0.1, -0.05) is 60.1 Å². The number of amides is 2. The summed E-state index contributed by atoms with van der Waals surface area (Å²) in [5, 5.41) is 10.3. The van der Waals surface area contributed by atoms with Crippen molar-refractivity contribution in [3.05, 3.63) is 100 Å². The van der Waals surface area contributed by atoms with Crippen molar-refractivity contribution in [1.29, 1.82) is 0 Å². The molecule has 5 rings (SSSR count). The number of carbonyl (C=O) groups is 2. The average Bonchev–Trinajstić information content (AvgIpc) is 3.52. The molecule has 0 saturated carbocycles. The van der Waals surface area contributed by atoms with Crippen LogP contribution in [-0.2, 0) is 24.4 Å². The quantitative estimate of drug-likeness (QED) is 0.413. The Morgan fingerprint density at radius 2 is 1.85 bits per heavy atom. The van der Waals surface area contributed by atoms with E-state index >= 15 is 0 Å². The molecule has 8 heteroatoms. The number of aromatic nitrogens is 2. The molecule has 1 aliphatic heterocycles. The van der Waals surface area contributed by atoms with Gasteiger partial charge in [-0.3, -0.25) is 14.3 Å². The summed E-state index contributed by atoms with van der Waals surface area (Å²) in [4.78, 5) is 29.9. The van der Waals surface area contributed by atoms with Gasteiger partial charge in [-0.05, 0) is 47.7 Å². The average molecular weight is 491 g/mol. The summed E-state index contributed by atoms with van der Waals surface area (Å²) in [6.45, 7) is 2.72. The minimum Gasteiger partial charge on any atom is -0.350 e. The van der Waals surface area contributed by atoms with Crippen molar-refractivity contribution < 1.29 is 9.59 Å². The van der Waals surface area contributed by atoms with Crippen LogP contribution in [0.4, 0.5) is 0 Å². The highest BCUT2D eigenvalue weighted by Crippen LogP contribution is 2.32. The van der Waals surface area contributed by atoms with E-state index in [0.717, 1.165) is 21.7 Å². The van der Waals surface area contributed by atoms with Crippen LogP contribution in [0.25, 0.3) is 10.6 Å². The second-order valence-corrected chi connectivity index (χ2v) is 9.89. The Labute approximate surface area is 206 Å². The van der Waals surface area contributed by atoms with Crippen molar-refractivity contribution in [3.63, 3.8) is 0 Å². The third-order valence-electron chi connectivity index (χ3n) is 6.11. The third-order valence-corrected chi connectivity index (χ3v) is 7.25. The number of hydrogen-bond acceptors (Lipinski definition) is 4. The maximum atomic E-state index is 13.7. The minimum atomic E-state index is -1.13. The van der Waals surface area contributed by atoms with Crippen molar-refractivity contribution in [2.75, 3.05) is 0 Å². The Morgan fingerprint density at radius 3 is 2.56 bits per heavy atom. The molecule has 0 bridgehead atoms. The molecule has 4 aromatic rings. The zero-order valence-corrected chi connectivity index (χ0v) is 20.1. The van der Waals surface area contributed by atoms with Crippen LogP contribution in [0.2, 0.25) is 5.02 Å². The van der Waals surface area contributed by atoms with Crippen molar-refractivity contribution in [1.82, 2.24) is 20.0 Å². The van der Waals surface area contributed by atoms with Crippen molar-refractivity contribution >= 4 is 34.8 Å². The Hall–Kier alpha value is -3.42. The van der Waals surface area contributed by atoms with E-state index in [1.165, 1.54) is 0 Å². The first kappa shape index (κ1) is 22.4. The number of halogens is 1. The largest absolute Gasteiger partial charge is 0.350 e. The lowest BCUT2D eigenvalue weighted by Crippen LogP contribution is -2.63. The molecule has 6 nitrogen and oxygen atoms in total. The number of benzene rings is 2. The van der Waals surface area contributed by atoms with Crippen LogP contribution in [0.1, 0.15) is 28.5 Å². The van der Waals surface area contributed by atoms with Crippen molar-refractivity contribution in [2.24, 2.45) is 0 Å². The lowest BCUT2D eigenvalue weighted by molar-refractivity contribution is -0.133. The second-order valence-electron chi connectivity index (χ2n) is 8.51. The van der Waals surface area contributed by atoms with Gasteiger partial charge in [0, 0.05) is 18.1 Å². The molecule has 0 aliphatic carbocycles. The van der Waals surface area contributed by atoms with Crippen LogP contribution >= 0.6 is 22.9 Å². The molecule has 0 spiro atoms. The zero-order chi connectivity index (χ0) is 23.7. The maximum Gasteiger partial charge on any atom is 0.273 e. The van der Waals surface area contributed by atoms with E-state index in [1.807, 2.05) is 66.0 Å². The van der Waals surface area contributed by atoms with Gasteiger partial charge in [-0.15, -0.1) is 11.3 Å². The summed E-state index contributed by atoms with van der Waals surface area (Å²) in [5.74, 6) is -0.452. The first-order valence-corrected chi connectivity index (χ1v) is 12.2. The molecule has 2 aromatic carbocycles. The monoisotopic (exact) mass is 490 g/mol. The molecular weight excluding hydrogens is 468 g/mol. The van der Waals surface area contributed by atoms with Crippen LogP contribution in [0, 0.1) is 0 Å². The van der Waals surface area contributed by atoms with E-state index in [0.29, 0.717) is 17.3 Å². The lowest BCUT2D eigenvalue weighted by Gasteiger charge is -2.43. The topological polar surface area (TPSA) is 67.2 Å². The van der Waals surface area contributed by atoms with Gasteiger partial charge in [0.15, 0.2) is 0 Å². The standard InChI is InChI=1S/C26H23ClN4O2S/c1-26(25(33)28-15-18-6-3-2-4-7-18)17-31-22(14-21(29-31)23-8-5-13-34-23)24(32)30(26)16-19-9-11-20(27)12-10-19/h2-14H,15-17H2,1H3,(H,28,33)/t26-/m0/s1. The minimum absolute atomic E-state index is 0.225. The highest BCUT2D eigenvalue weighted by Gasteiger charge is 2.48. The van der Waals surface area contributed by atoms with Crippen LogP contribution in [0.15, 0.2) is 78.2 Å². The van der Waals surface area contributed by atoms with E-state index in [1.54, 1.807) is 40.0 Å². The second kappa shape index (κ2) is 9.08. The van der Waals surface area contributed by atoms with Gasteiger partial charge in [0.25, 0.3) is 5.91 Å². The SMILES string of the molecule is C[C@@]1(C(=O)NCc2ccccc2)Cn2nc(-c3cccs3)cc2C(=O)N1Cc1ccc(Cl)cc1. The highest BCUT2D eigenvalue weighted by atomic mass is 35.5. The number of nitrogens with one attached hydrogen (secondary N) is 1. The predicted octanol–water partition coefficient (Wildman–Crippen LogP) is 5.00. The molecule has 2 amide bonds. The Bertz CT molecular complexity index is 1320. The fourth-order valence-electron chi connectivity index (χ4n) is 4.18. The van der Waals surface area contributed by atoms with Gasteiger partial charge in [0.2, 0.25) is 5.91 Å². The van der Waals surface area contributed by atoms with E-state index in [4.69, 9.17) is 11.6 Å². The summed E-state index contributed by atoms with van der Waals surface area (Å²) in [6, 6.07) is 22.8. The van der Waals surface area contributed by atoms with Gasteiger partial charge < -0.3 is 10.2 Å². The molecule has 1 aliphatic rings. The summed E-state index contributed by atoms with van der Waals surface area (Å²) in [7, 11) is 0. The Kier molecular flexibility index (Phi) is 5.98. The fourth-order valence-corrected chi connectivity index (χ4v) is 4.98. The number of rotatable bonds is 6. The molecule has 0 unspecified atom stereocenters. The summed E-state index contributed by atoms with van der Waals surface area (Å²) in [5.41, 5.74) is 1.97. The van der Waals surface area contributed by atoms with Gasteiger partial charge in [0.1, 0.15) is 16.9 Å². The van der Waals surface area contributed by atoms with E-state index in [-0.39, 0.29) is 24.9 Å². The summed E-state index contributed by atoms with van der Waals surface area (Å²) < 4.78 is 1.66. The van der Waals surface area contributed by atoms with Gasteiger partial charge in [-0.2, -0.15) is 5.10 Å². The number of nitrogens with zero attached hydrogens (tertiary/aromatic N) is 3. The summed E-state index contributed by atoms with van der Waals surface area (Å²) >= 11 is 7.62. The molecule has 1 atom stereocenters. The van der Waals surface area contributed by atoms with Gasteiger partial charge in [-0.25, -0.2) is 0 Å². The summed E-state index contributed by atoms with van der Waals surface area (Å²) in [6.07, 6.45) is 0. The number of thiophene rings is 1. The van der Waals surface area contributed by atoms with Gasteiger partial charge >= 0.3 is 0 Å². The molecule has 0 fully saturated rings. The highest BCUT2D eigenvalue weighted by molar-refractivity contribution is 7.13. The molecule has 172 valence electrons. The van der Waals surface area contributed by atoms with Crippen LogP contribution in [0.3, 0.4) is 0 Å². The third kappa shape index (κ3) is 4.24. The smallest absolute Gasteiger partial charge is 0.273 e. The van der Waals surface area contributed by atoms with Crippen LogP contribution < -0.4 is 5.32 Å². The Morgan fingerprint density at radius 1 is 1.09 bits per heavy atom. The normalized spacial score (nSPS) is 17.5. The number of carbonyl (C=O) groups excluding carboxylic acids is 2. The van der Waals surface area contributed by atoms with Gasteiger partial charge in [0.05, 0.1) is 11.4 Å².